The largest absolute Gasteiger partial charge is 0.418 e. The molecular weight excluding hydrogens is 373 g/mol. The Morgan fingerprint density at radius 2 is 1.85 bits per heavy atom. The quantitative estimate of drug-likeness (QED) is 0.598. The fourth-order valence-electron chi connectivity index (χ4n) is 3.85. The summed E-state index contributed by atoms with van der Waals surface area (Å²) in [4.78, 5) is 17.8. The molecule has 1 fully saturated rings. The molecule has 0 amide bonds. The Kier molecular flexibility index (Phi) is 4.80. The summed E-state index contributed by atoms with van der Waals surface area (Å²) in [6, 6.07) is 9.65. The zero-order chi connectivity index (χ0) is 19.0. The van der Waals surface area contributed by atoms with Crippen molar-refractivity contribution in [2.24, 2.45) is 0 Å². The number of rotatable bonds is 4. The Morgan fingerprint density at radius 3 is 2.52 bits per heavy atom. The first-order valence-corrected chi connectivity index (χ1v) is 9.96. The van der Waals surface area contributed by atoms with Gasteiger partial charge in [-0.15, -0.1) is 11.3 Å². The summed E-state index contributed by atoms with van der Waals surface area (Å²) < 4.78 is 41.5. The molecule has 27 heavy (non-hydrogen) atoms. The lowest BCUT2D eigenvalue weighted by molar-refractivity contribution is -0.136. The Bertz CT molecular complexity index is 1000. The van der Waals surface area contributed by atoms with Crippen LogP contribution >= 0.6 is 11.3 Å². The van der Waals surface area contributed by atoms with Crippen LogP contribution in [0.5, 0.6) is 0 Å². The molecule has 0 unspecified atom stereocenters. The third kappa shape index (κ3) is 3.52. The number of nitrogens with zero attached hydrogens (tertiary/aromatic N) is 2. The van der Waals surface area contributed by atoms with Gasteiger partial charge < -0.3 is 0 Å². The first-order chi connectivity index (χ1) is 12.9. The van der Waals surface area contributed by atoms with E-state index in [1.54, 1.807) is 0 Å². The van der Waals surface area contributed by atoms with Gasteiger partial charge in [0.15, 0.2) is 0 Å². The fourth-order valence-corrected chi connectivity index (χ4v) is 4.79. The van der Waals surface area contributed by atoms with Crippen LogP contribution in [0.15, 0.2) is 40.5 Å². The number of aryl methyl sites for hydroxylation is 1. The molecule has 3 aromatic rings. The minimum atomic E-state index is -4.55. The van der Waals surface area contributed by atoms with E-state index in [0.29, 0.717) is 18.8 Å². The van der Waals surface area contributed by atoms with Gasteiger partial charge in [-0.05, 0) is 24.8 Å². The number of fused-ring (bicyclic) bond motifs is 1. The van der Waals surface area contributed by atoms with Crippen molar-refractivity contribution in [3.63, 3.8) is 0 Å². The third-order valence-electron chi connectivity index (χ3n) is 5.22. The predicted octanol–water partition coefficient (Wildman–Crippen LogP) is 5.38. The second-order valence-corrected chi connectivity index (χ2v) is 7.83. The van der Waals surface area contributed by atoms with Gasteiger partial charge >= 0.3 is 6.18 Å². The molecule has 1 aliphatic rings. The average Bonchev–Trinajstić information content (AvgIpc) is 3.31. The molecule has 7 heteroatoms. The zero-order valence-electron chi connectivity index (χ0n) is 14.6. The van der Waals surface area contributed by atoms with Gasteiger partial charge in [-0.1, -0.05) is 43.2 Å². The maximum atomic E-state index is 13.3. The summed E-state index contributed by atoms with van der Waals surface area (Å²) in [6.07, 6.45) is 0.0247. The third-order valence-corrected chi connectivity index (χ3v) is 6.09. The van der Waals surface area contributed by atoms with E-state index >= 15 is 0 Å². The second-order valence-electron chi connectivity index (χ2n) is 6.97. The summed E-state index contributed by atoms with van der Waals surface area (Å²) >= 11 is 0.907. The van der Waals surface area contributed by atoms with Crippen molar-refractivity contribution in [2.75, 3.05) is 0 Å². The van der Waals surface area contributed by atoms with Crippen LogP contribution in [0.1, 0.15) is 48.6 Å². The van der Waals surface area contributed by atoms with E-state index in [9.17, 15) is 18.0 Å². The molecule has 2 aromatic heterocycles. The number of alkyl halides is 3. The maximum absolute atomic E-state index is 13.3. The highest BCUT2D eigenvalue weighted by Gasteiger charge is 2.36. The van der Waals surface area contributed by atoms with Gasteiger partial charge in [0.05, 0.1) is 10.9 Å². The highest BCUT2D eigenvalue weighted by Crippen LogP contribution is 2.38. The number of aromatic nitrogens is 2. The van der Waals surface area contributed by atoms with E-state index in [4.69, 9.17) is 0 Å². The van der Waals surface area contributed by atoms with Crippen molar-refractivity contribution < 1.29 is 13.2 Å². The molecule has 4 rings (SSSR count). The lowest BCUT2D eigenvalue weighted by Gasteiger charge is -2.17. The topological polar surface area (TPSA) is 34.9 Å². The van der Waals surface area contributed by atoms with Crippen LogP contribution in [0.25, 0.3) is 10.2 Å². The molecule has 1 saturated carbocycles. The summed E-state index contributed by atoms with van der Waals surface area (Å²) in [5, 5.41) is 0.723. The average molecular weight is 392 g/mol. The first-order valence-electron chi connectivity index (χ1n) is 9.08. The lowest BCUT2D eigenvalue weighted by Crippen LogP contribution is -2.28. The van der Waals surface area contributed by atoms with E-state index in [-0.39, 0.29) is 16.1 Å². The van der Waals surface area contributed by atoms with Crippen LogP contribution in [0.3, 0.4) is 0 Å². The van der Waals surface area contributed by atoms with Crippen molar-refractivity contribution >= 4 is 21.6 Å². The molecule has 0 aliphatic heterocycles. The van der Waals surface area contributed by atoms with E-state index in [0.717, 1.165) is 48.0 Å². The first kappa shape index (κ1) is 18.2. The molecule has 0 N–H and O–H groups in total. The van der Waals surface area contributed by atoms with Gasteiger partial charge in [0.1, 0.15) is 10.7 Å². The molecule has 0 saturated heterocycles. The monoisotopic (exact) mass is 392 g/mol. The Labute approximate surface area is 158 Å². The highest BCUT2D eigenvalue weighted by molar-refractivity contribution is 7.16. The molecular formula is C20H19F3N2OS. The van der Waals surface area contributed by atoms with Crippen LogP contribution in [0.4, 0.5) is 13.2 Å². The van der Waals surface area contributed by atoms with Crippen molar-refractivity contribution in [2.45, 2.75) is 50.7 Å². The van der Waals surface area contributed by atoms with Gasteiger partial charge in [0.2, 0.25) is 0 Å². The number of hydrogen-bond donors (Lipinski definition) is 0. The Morgan fingerprint density at radius 1 is 1.15 bits per heavy atom. The maximum Gasteiger partial charge on any atom is 0.418 e. The molecule has 3 nitrogen and oxygen atoms in total. The summed E-state index contributed by atoms with van der Waals surface area (Å²) in [7, 11) is 0. The van der Waals surface area contributed by atoms with Gasteiger partial charge in [-0.25, -0.2) is 4.98 Å². The number of benzene rings is 1. The van der Waals surface area contributed by atoms with Gasteiger partial charge in [0, 0.05) is 17.8 Å². The highest BCUT2D eigenvalue weighted by atomic mass is 32.1. The fraction of sp³-hybridized carbons (Fsp3) is 0.400. The number of halogens is 3. The van der Waals surface area contributed by atoms with Crippen LogP contribution in [-0.4, -0.2) is 9.55 Å². The lowest BCUT2D eigenvalue weighted by atomic mass is 10.1. The molecule has 0 atom stereocenters. The summed E-state index contributed by atoms with van der Waals surface area (Å²) in [5.74, 6) is 0.797. The van der Waals surface area contributed by atoms with Crippen LogP contribution in [0.2, 0.25) is 0 Å². The Balaban J connectivity index is 1.83. The van der Waals surface area contributed by atoms with Gasteiger partial charge in [-0.3, -0.25) is 9.36 Å². The molecule has 2 heterocycles. The van der Waals surface area contributed by atoms with Crippen LogP contribution < -0.4 is 5.56 Å². The minimum Gasteiger partial charge on any atom is -0.295 e. The molecule has 142 valence electrons. The van der Waals surface area contributed by atoms with E-state index in [2.05, 4.69) is 4.98 Å². The molecule has 0 bridgehead atoms. The van der Waals surface area contributed by atoms with Crippen molar-refractivity contribution in [1.82, 2.24) is 9.55 Å². The normalized spacial score (nSPS) is 15.7. The molecule has 1 aliphatic carbocycles. The van der Waals surface area contributed by atoms with Gasteiger partial charge in [-0.2, -0.15) is 13.2 Å². The standard InChI is InChI=1S/C20H19F3N2OS/c21-20(22,23)15-12-27-18-16(15)19(26)25(11-10-13-6-2-1-3-7-13)17(24-18)14-8-4-5-9-14/h1-3,6-7,12,14H,4-5,8-11H2. The van der Waals surface area contributed by atoms with E-state index in [1.165, 1.54) is 4.57 Å². The van der Waals surface area contributed by atoms with Gasteiger partial charge in [0.25, 0.3) is 5.56 Å². The summed E-state index contributed by atoms with van der Waals surface area (Å²) in [5.41, 5.74) is -0.388. The van der Waals surface area contributed by atoms with E-state index < -0.39 is 17.3 Å². The molecule has 1 aromatic carbocycles. The minimum absolute atomic E-state index is 0.148. The van der Waals surface area contributed by atoms with Crippen LogP contribution in [-0.2, 0) is 19.1 Å². The zero-order valence-corrected chi connectivity index (χ0v) is 15.4. The Hall–Kier alpha value is -2.15. The SMILES string of the molecule is O=c1c2c(C(F)(F)F)csc2nc(C2CCCC2)n1CCc1ccccc1. The number of thiophene rings is 1. The van der Waals surface area contributed by atoms with Crippen molar-refractivity contribution in [3.05, 3.63) is 63.0 Å². The smallest absolute Gasteiger partial charge is 0.295 e. The molecule has 0 radical (unpaired) electrons. The summed E-state index contributed by atoms with van der Waals surface area (Å²) in [6.45, 7) is 0.338. The second kappa shape index (κ2) is 7.11. The van der Waals surface area contributed by atoms with E-state index in [1.807, 2.05) is 30.3 Å². The van der Waals surface area contributed by atoms with Crippen LogP contribution in [0, 0.1) is 0 Å². The molecule has 0 spiro atoms. The van der Waals surface area contributed by atoms with Crippen molar-refractivity contribution in [3.8, 4) is 0 Å². The van der Waals surface area contributed by atoms with Crippen molar-refractivity contribution in [1.29, 1.82) is 0 Å². The number of hydrogen-bond acceptors (Lipinski definition) is 3. The predicted molar refractivity (Wildman–Crippen MR) is 100 cm³/mol.